The Kier molecular flexibility index (Phi) is 23.9. The van der Waals surface area contributed by atoms with Crippen molar-refractivity contribution in [2.75, 3.05) is 118 Å². The highest BCUT2D eigenvalue weighted by Crippen LogP contribution is 2.47. The topological polar surface area (TPSA) is 134 Å². The molecule has 4 rings (SSSR count). The number of hydrogen-bond acceptors (Lipinski definition) is 10. The summed E-state index contributed by atoms with van der Waals surface area (Å²) in [4.78, 5) is 11.3. The van der Waals surface area contributed by atoms with Crippen LogP contribution in [-0.4, -0.2) is 140 Å². The average molecular weight is 870 g/mol. The van der Waals surface area contributed by atoms with E-state index < -0.39 is 12.1 Å². The molecule has 0 bridgehead atoms. The molecule has 2 heterocycles. The van der Waals surface area contributed by atoms with Crippen molar-refractivity contribution in [3.8, 4) is 0 Å². The fourth-order valence-electron chi connectivity index (χ4n) is 6.74. The molecule has 0 amide bonds. The molecular weight excluding hydrogens is 807 g/mol. The first-order valence-electron chi connectivity index (χ1n) is 19.9. The molecule has 0 saturated carbocycles. The fourth-order valence-corrected chi connectivity index (χ4v) is 6.74. The quantitative estimate of drug-likeness (QED) is 0.0821. The largest absolute Gasteiger partial charge is 1.00 e. The number of halogens is 4. The highest BCUT2D eigenvalue weighted by atomic mass is 35.5. The van der Waals surface area contributed by atoms with E-state index in [1.54, 1.807) is 7.11 Å². The lowest BCUT2D eigenvalue weighted by molar-refractivity contribution is -0.442. The van der Waals surface area contributed by atoms with Gasteiger partial charge in [0.05, 0.1) is 84.7 Å². The number of fused-ring (bicyclic) bond motifs is 2. The summed E-state index contributed by atoms with van der Waals surface area (Å²) in [5.41, 5.74) is 12.8. The number of aliphatic carboxylic acids is 1. The lowest BCUT2D eigenvalue weighted by atomic mass is 9.81. The van der Waals surface area contributed by atoms with Crippen LogP contribution >= 0.6 is 0 Å². The van der Waals surface area contributed by atoms with E-state index in [4.69, 9.17) is 48.8 Å². The van der Waals surface area contributed by atoms with Crippen molar-refractivity contribution in [1.29, 1.82) is 0 Å². The van der Waals surface area contributed by atoms with Gasteiger partial charge in [-0.3, -0.25) is 0 Å². The van der Waals surface area contributed by atoms with Crippen molar-refractivity contribution < 1.29 is 73.2 Å². The monoisotopic (exact) mass is 869 g/mol. The van der Waals surface area contributed by atoms with Gasteiger partial charge in [-0.05, 0) is 31.6 Å². The van der Waals surface area contributed by atoms with Crippen LogP contribution in [0.3, 0.4) is 0 Å². The van der Waals surface area contributed by atoms with Gasteiger partial charge < -0.3 is 61.3 Å². The van der Waals surface area contributed by atoms with Gasteiger partial charge in [0.15, 0.2) is 12.3 Å². The lowest BCUT2D eigenvalue weighted by Gasteiger charge is -2.27. The number of hydrogen-bond donors (Lipinski definition) is 2. The number of anilines is 1. The molecule has 16 heteroatoms. The third kappa shape index (κ3) is 16.3. The number of carboxylic acid groups (broad SMARTS) is 1. The number of alkyl halides is 3. The molecule has 2 aliphatic heterocycles. The summed E-state index contributed by atoms with van der Waals surface area (Å²) in [6, 6.07) is 17.3. The minimum absolute atomic E-state index is 0. The van der Waals surface area contributed by atoms with E-state index >= 15 is 0 Å². The van der Waals surface area contributed by atoms with Gasteiger partial charge in [-0.25, -0.2) is 4.79 Å². The molecule has 2 aliphatic rings. The lowest BCUT2D eigenvalue weighted by Crippen LogP contribution is -3.00. The van der Waals surface area contributed by atoms with Crippen LogP contribution in [0.4, 0.5) is 24.5 Å². The zero-order chi connectivity index (χ0) is 43.2. The molecule has 3 N–H and O–H groups in total. The standard InChI is InChI=1S/C42H62N3O7.C2HF3O2.ClH/c1-41(2)35-13-9-11-15-37(35)44(20-23-48-28-31-51-30-27-47-22-19-43)39(41)17-7-6-8-18-40-42(3,4)36-14-10-12-16-38(36)45(40)21-24-49-29-32-52-34-33-50-26-25-46-5;3-2(4,5)1(6)7;/h6-18H,19-34,43H2,1-5H3;(H,6,7);1H/q+1;;/p-1. The Morgan fingerprint density at radius 3 is 1.78 bits per heavy atom. The van der Waals surface area contributed by atoms with Gasteiger partial charge >= 0.3 is 12.1 Å². The number of carbonyl (C=O) groups is 1. The maximum absolute atomic E-state index is 10.6. The van der Waals surface area contributed by atoms with E-state index in [1.807, 2.05) is 0 Å². The fraction of sp³-hybridized carbons (Fsp3) is 0.545. The van der Waals surface area contributed by atoms with E-state index in [-0.39, 0.29) is 23.2 Å². The molecule has 336 valence electrons. The van der Waals surface area contributed by atoms with Crippen LogP contribution in [0.15, 0.2) is 84.6 Å². The van der Waals surface area contributed by atoms with E-state index in [9.17, 15) is 13.2 Å². The number of benzene rings is 2. The van der Waals surface area contributed by atoms with Gasteiger partial charge in [-0.15, -0.1) is 0 Å². The number of methoxy groups -OCH3 is 1. The summed E-state index contributed by atoms with van der Waals surface area (Å²) in [5.74, 6) is -2.76. The van der Waals surface area contributed by atoms with Gasteiger partial charge in [0, 0.05) is 54.7 Å². The van der Waals surface area contributed by atoms with Crippen LogP contribution in [-0.2, 0) is 48.8 Å². The predicted molar refractivity (Wildman–Crippen MR) is 222 cm³/mol. The highest BCUT2D eigenvalue weighted by Gasteiger charge is 2.44. The van der Waals surface area contributed by atoms with Crippen molar-refractivity contribution in [2.45, 2.75) is 44.7 Å². The molecule has 0 aliphatic carbocycles. The molecule has 0 atom stereocenters. The zero-order valence-electron chi connectivity index (χ0n) is 35.5. The minimum atomic E-state index is -5.08. The number of nitrogens with two attached hydrogens (primary N) is 1. The smallest absolute Gasteiger partial charge is 0.490 e. The second-order valence-corrected chi connectivity index (χ2v) is 14.5. The number of carboxylic acids is 1. The second-order valence-electron chi connectivity index (χ2n) is 14.5. The van der Waals surface area contributed by atoms with Gasteiger partial charge in [0.1, 0.15) is 6.61 Å². The van der Waals surface area contributed by atoms with Crippen LogP contribution in [0.25, 0.3) is 0 Å². The summed E-state index contributed by atoms with van der Waals surface area (Å²) in [5, 5.41) is 7.12. The number of ether oxygens (including phenoxy) is 7. The maximum atomic E-state index is 10.6. The Balaban J connectivity index is 0.00000142. The third-order valence-corrected chi connectivity index (χ3v) is 9.67. The van der Waals surface area contributed by atoms with Crippen LogP contribution in [0.1, 0.15) is 38.8 Å². The molecule has 0 saturated heterocycles. The van der Waals surface area contributed by atoms with E-state index in [0.29, 0.717) is 92.4 Å². The molecule has 60 heavy (non-hydrogen) atoms. The average Bonchev–Trinajstić information content (AvgIpc) is 3.55. The maximum Gasteiger partial charge on any atom is 0.490 e. The molecule has 0 fully saturated rings. The second kappa shape index (κ2) is 27.3. The Morgan fingerprint density at radius 1 is 0.717 bits per heavy atom. The summed E-state index contributed by atoms with van der Waals surface area (Å²) in [6.07, 6.45) is 5.84. The molecule has 0 aromatic heterocycles. The first-order valence-corrected chi connectivity index (χ1v) is 19.9. The first kappa shape index (κ1) is 52.5. The molecule has 12 nitrogen and oxygen atoms in total. The molecule has 2 aromatic rings. The normalized spacial score (nSPS) is 16.0. The first-order chi connectivity index (χ1) is 28.3. The summed E-state index contributed by atoms with van der Waals surface area (Å²) in [6.45, 7) is 18.5. The molecule has 2 aromatic carbocycles. The van der Waals surface area contributed by atoms with E-state index in [2.05, 4.69) is 116 Å². The Bertz CT molecular complexity index is 1700. The molecular formula is C44H63ClF3N3O9. The van der Waals surface area contributed by atoms with Gasteiger partial charge in [-0.1, -0.05) is 68.5 Å². The predicted octanol–water partition coefficient (Wildman–Crippen LogP) is 3.20. The third-order valence-electron chi connectivity index (χ3n) is 9.67. The van der Waals surface area contributed by atoms with Crippen molar-refractivity contribution >= 4 is 23.1 Å². The Hall–Kier alpha value is -3.64. The number of rotatable bonds is 26. The van der Waals surface area contributed by atoms with Crippen LogP contribution in [0.5, 0.6) is 0 Å². The number of nitrogens with zero attached hydrogens (tertiary/aromatic N) is 2. The molecule has 0 unspecified atom stereocenters. The van der Waals surface area contributed by atoms with Crippen molar-refractivity contribution in [3.05, 3.63) is 95.7 Å². The van der Waals surface area contributed by atoms with Crippen molar-refractivity contribution in [3.63, 3.8) is 0 Å². The zero-order valence-corrected chi connectivity index (χ0v) is 36.3. The van der Waals surface area contributed by atoms with Gasteiger partial charge in [-0.2, -0.15) is 17.7 Å². The van der Waals surface area contributed by atoms with E-state index in [1.165, 1.54) is 33.9 Å². The molecule has 0 radical (unpaired) electrons. The summed E-state index contributed by atoms with van der Waals surface area (Å²) >= 11 is 0. The SMILES string of the molecule is COCCOCCOCCOCC[N+]1=C(/C=C/C=C/C=C2/N(CCOCCOCCOCCN)c3ccccc3C2(C)C)C(C)(C)c2ccccc21.O=C(O)C(F)(F)F.[Cl-]. The Labute approximate surface area is 359 Å². The van der Waals surface area contributed by atoms with Gasteiger partial charge in [0.2, 0.25) is 5.69 Å². The van der Waals surface area contributed by atoms with Crippen LogP contribution < -0.4 is 23.0 Å². The minimum Gasteiger partial charge on any atom is -1.00 e. The number of allylic oxidation sites excluding steroid dienone is 6. The summed E-state index contributed by atoms with van der Waals surface area (Å²) < 4.78 is 73.1. The number of para-hydroxylation sites is 2. The van der Waals surface area contributed by atoms with Crippen molar-refractivity contribution in [1.82, 2.24) is 0 Å². The van der Waals surface area contributed by atoms with Crippen molar-refractivity contribution in [2.24, 2.45) is 5.73 Å². The highest BCUT2D eigenvalue weighted by molar-refractivity contribution is 6.03. The molecule has 0 spiro atoms. The van der Waals surface area contributed by atoms with Gasteiger partial charge in [0.25, 0.3) is 0 Å². The van der Waals surface area contributed by atoms with Crippen LogP contribution in [0.2, 0.25) is 0 Å². The Morgan fingerprint density at radius 2 is 1.22 bits per heavy atom. The van der Waals surface area contributed by atoms with Crippen LogP contribution in [0, 0.1) is 0 Å². The van der Waals surface area contributed by atoms with E-state index in [0.717, 1.165) is 13.1 Å². The summed E-state index contributed by atoms with van der Waals surface area (Å²) in [7, 11) is 1.67.